The predicted molar refractivity (Wildman–Crippen MR) is 354 cm³/mol. The number of ether oxygens (including phenoxy) is 7. The predicted octanol–water partition coefficient (Wildman–Crippen LogP) is 14.1. The average molecular weight is 1510 g/mol. The summed E-state index contributed by atoms with van der Waals surface area (Å²) in [5, 5.41) is 36.2. The van der Waals surface area contributed by atoms with Gasteiger partial charge in [-0.15, -0.1) is 32.1 Å². The van der Waals surface area contributed by atoms with Crippen LogP contribution < -0.4 is 57.1 Å². The van der Waals surface area contributed by atoms with E-state index in [4.69, 9.17) is 49.9 Å². The monoisotopic (exact) mass is 1500 g/mol. The number of halogens is 7. The van der Waals surface area contributed by atoms with Gasteiger partial charge in [0.05, 0.1) is 86.0 Å². The van der Waals surface area contributed by atoms with Crippen molar-refractivity contribution in [2.75, 3.05) is 19.8 Å². The number of imide groups is 2. The molecular formula is C64H80BBr3ClF3KN7O11. The summed E-state index contributed by atoms with van der Waals surface area (Å²) in [6.07, 6.45) is 1.74. The number of alkyl halides is 1. The Morgan fingerprint density at radius 1 is 0.527 bits per heavy atom. The smallest absolute Gasteiger partial charge is 0.552 e. The molecule has 0 saturated heterocycles. The van der Waals surface area contributed by atoms with Gasteiger partial charge in [-0.25, -0.2) is 36.1 Å². The minimum absolute atomic E-state index is 0. The minimum Gasteiger partial charge on any atom is -0.552 e. The van der Waals surface area contributed by atoms with Crippen LogP contribution in [0.4, 0.5) is 32.1 Å². The standard InChI is InChI=1S/C22H30N2O5.C18H23BrN2O4.C12H14N2O.C8H5Br2N.C4H7O.BF3.ClH.K/c1-8-11-27-15-18-12-16(13-23)9-10-17(18)14-24(19(25)28-21(2,3)4)20(26)29-22(5,6)7;1-17(2,3)24-15(22)21(16(23)25-18(4,5)6)11-13-8-7-12(10-20)9-14(13)19;1-2-5-15-9-12-6-10(7-13)3-4-11(12)8-14;9-4-7-2-1-6(5-11)3-8(7)10;1-3-4-5-2;2-1(3)4;;/h8-10,12H,1,11,14-15H2,2-7H3;7-9H,11H2,1-6H3;2-4,6H,1,5,8-9,14H2;1-3H,4H2;3H,1-2,4H2;;1H;/q;;;;-1;;;+1. The molecule has 0 spiro atoms. The molecule has 0 radical (unpaired) electrons. The Hall–Kier alpha value is -5.40. The van der Waals surface area contributed by atoms with Gasteiger partial charge in [0.1, 0.15) is 22.4 Å². The first-order chi connectivity index (χ1) is 41.4. The van der Waals surface area contributed by atoms with E-state index in [-0.39, 0.29) is 83.5 Å². The number of carbonyl (C=O) groups excluding carboxylic acids is 4. The topological polar surface area (TPSA) is 261 Å². The molecule has 18 nitrogen and oxygen atoms in total. The quantitative estimate of drug-likeness (QED) is 0.0273. The Labute approximate surface area is 609 Å². The maximum Gasteiger partial charge on any atom is 1.00 e. The number of hydrogen-bond acceptors (Lipinski definition) is 16. The van der Waals surface area contributed by atoms with Gasteiger partial charge in [0, 0.05) is 27.4 Å². The van der Waals surface area contributed by atoms with Crippen LogP contribution in [-0.2, 0) is 71.3 Å². The van der Waals surface area contributed by atoms with Gasteiger partial charge in [-0.2, -0.15) is 21.0 Å². The zero-order valence-electron chi connectivity index (χ0n) is 53.9. The van der Waals surface area contributed by atoms with E-state index < -0.39 is 54.3 Å². The van der Waals surface area contributed by atoms with Gasteiger partial charge in [-0.05, 0) is 165 Å². The first-order valence-electron chi connectivity index (χ1n) is 26.8. The first-order valence-corrected chi connectivity index (χ1v) is 29.5. The first kappa shape index (κ1) is 92.0. The Bertz CT molecular complexity index is 3060. The number of rotatable bonds is 16. The summed E-state index contributed by atoms with van der Waals surface area (Å²) in [5.74, 6) is 0. The van der Waals surface area contributed by atoms with Crippen LogP contribution in [0.3, 0.4) is 0 Å². The number of nitrogens with two attached hydrogens (primary N) is 1. The Kier molecular flexibility index (Phi) is 48.9. The summed E-state index contributed by atoms with van der Waals surface area (Å²) >= 11 is 10.1. The van der Waals surface area contributed by atoms with Crippen LogP contribution in [0.15, 0.2) is 120 Å². The number of nitrogens with zero attached hydrogens (tertiary/aromatic N) is 6. The van der Waals surface area contributed by atoms with Crippen molar-refractivity contribution in [3.8, 4) is 24.3 Å². The number of benzene rings is 4. The van der Waals surface area contributed by atoms with Crippen molar-refractivity contribution in [3.05, 3.63) is 182 Å². The van der Waals surface area contributed by atoms with E-state index in [1.807, 2.05) is 30.3 Å². The van der Waals surface area contributed by atoms with E-state index in [0.717, 1.165) is 36.3 Å². The molecule has 4 aromatic rings. The third kappa shape index (κ3) is 44.0. The van der Waals surface area contributed by atoms with Crippen LogP contribution in [0.2, 0.25) is 0 Å². The Morgan fingerprint density at radius 2 is 0.802 bits per heavy atom. The molecule has 0 unspecified atom stereocenters. The van der Waals surface area contributed by atoms with E-state index in [2.05, 4.69) is 97.6 Å². The maximum absolute atomic E-state index is 12.7. The van der Waals surface area contributed by atoms with Gasteiger partial charge < -0.3 is 38.9 Å². The molecule has 0 bridgehead atoms. The molecule has 0 saturated carbocycles. The normalized spacial score (nSPS) is 10.2. The van der Waals surface area contributed by atoms with Gasteiger partial charge in [-0.3, -0.25) is 12.9 Å². The van der Waals surface area contributed by atoms with E-state index in [0.29, 0.717) is 76.4 Å². The molecule has 2 N–H and O–H groups in total. The number of nitriles is 4. The Balaban J connectivity index is -0.000000549. The number of carbonyl (C=O) groups is 4. The average Bonchev–Trinajstić information content (AvgIpc) is 3.18. The van der Waals surface area contributed by atoms with Crippen molar-refractivity contribution >= 4 is 92.1 Å². The molecule has 0 aliphatic carbocycles. The molecule has 27 heteroatoms. The molecule has 0 aliphatic rings. The molecule has 0 aromatic heterocycles. The maximum atomic E-state index is 12.7. The second kappa shape index (κ2) is 48.3. The third-order valence-corrected chi connectivity index (χ3v) is 11.8. The van der Waals surface area contributed by atoms with Crippen LogP contribution in [0, 0.1) is 52.4 Å². The fourth-order valence-corrected chi connectivity index (χ4v) is 7.98. The second-order valence-corrected chi connectivity index (χ2v) is 24.2. The summed E-state index contributed by atoms with van der Waals surface area (Å²) in [5.41, 5.74) is 9.87. The van der Waals surface area contributed by atoms with Crippen molar-refractivity contribution in [1.29, 1.82) is 21.0 Å². The van der Waals surface area contributed by atoms with Gasteiger partial charge in [-0.1, -0.05) is 90.3 Å². The van der Waals surface area contributed by atoms with Crippen molar-refractivity contribution in [1.82, 2.24) is 9.80 Å². The van der Waals surface area contributed by atoms with Gasteiger partial charge in [0.25, 0.3) is 0 Å². The molecule has 0 atom stereocenters. The van der Waals surface area contributed by atoms with Crippen LogP contribution in [0.5, 0.6) is 0 Å². The number of amides is 4. The van der Waals surface area contributed by atoms with Crippen LogP contribution in [-0.4, -0.2) is 83.9 Å². The van der Waals surface area contributed by atoms with Crippen molar-refractivity contribution in [2.24, 2.45) is 5.73 Å². The zero-order valence-corrected chi connectivity index (χ0v) is 62.6. The van der Waals surface area contributed by atoms with Crippen molar-refractivity contribution in [3.63, 3.8) is 0 Å². The summed E-state index contributed by atoms with van der Waals surface area (Å²) < 4.78 is 67.1. The van der Waals surface area contributed by atoms with E-state index >= 15 is 0 Å². The van der Waals surface area contributed by atoms with Crippen molar-refractivity contribution < 1.29 is 117 Å². The zero-order chi connectivity index (χ0) is 68.7. The SMILES string of the molecule is C=CCOCc1cc(C#N)ccc1CN.C=CCOCc1cc(C#N)ccc1CN(C(=O)OC(C)(C)C)C(=O)OC(C)(C)C.C=CCO[CH2-].CC(C)(C)OC(=O)N(Cc1ccc(C#N)cc1Br)C(=O)OC(C)(C)C.Cl.FB(F)F.N#Cc1ccc(CBr)c(Br)c1.[K+]. The fraction of sp³-hybridized carbons (Fsp3) is 0.391. The van der Waals surface area contributed by atoms with E-state index in [1.165, 1.54) is 0 Å². The minimum atomic E-state index is -3.67. The van der Waals surface area contributed by atoms with Gasteiger partial charge in [0.15, 0.2) is 0 Å². The van der Waals surface area contributed by atoms with Gasteiger partial charge >= 0.3 is 83.3 Å². The molecule has 490 valence electrons. The summed E-state index contributed by atoms with van der Waals surface area (Å²) in [7, 11) is -0.563. The third-order valence-electron chi connectivity index (χ3n) is 9.73. The summed E-state index contributed by atoms with van der Waals surface area (Å²) in [6, 6.07) is 29.1. The van der Waals surface area contributed by atoms with E-state index in [1.54, 1.807) is 150 Å². The summed E-state index contributed by atoms with van der Waals surface area (Å²) in [4.78, 5) is 52.1. The fourth-order valence-electron chi connectivity index (χ4n) is 6.09. The van der Waals surface area contributed by atoms with Gasteiger partial charge in [0.2, 0.25) is 0 Å². The van der Waals surface area contributed by atoms with Crippen molar-refractivity contribution in [2.45, 2.75) is 144 Å². The molecular weight excluding hydrogens is 1420 g/mol. The molecule has 0 aliphatic heterocycles. The second-order valence-electron chi connectivity index (χ2n) is 22.0. The molecule has 0 heterocycles. The molecule has 91 heavy (non-hydrogen) atoms. The van der Waals surface area contributed by atoms with E-state index in [9.17, 15) is 37.4 Å². The molecule has 4 rings (SSSR count). The molecule has 0 fully saturated rings. The molecule has 4 aromatic carbocycles. The largest absolute Gasteiger partial charge is 1.00 e. The summed E-state index contributed by atoms with van der Waals surface area (Å²) in [6.45, 7) is 33.5. The van der Waals surface area contributed by atoms with Crippen LogP contribution >= 0.6 is 60.2 Å². The molecule has 4 amide bonds. The van der Waals surface area contributed by atoms with Crippen LogP contribution in [0.1, 0.15) is 139 Å². The Morgan fingerprint density at radius 3 is 1.05 bits per heavy atom. The van der Waals surface area contributed by atoms with Crippen LogP contribution in [0.25, 0.3) is 0 Å². The number of hydrogen-bond donors (Lipinski definition) is 1.